The standard InChI is InChI=1S/C25H19.2CH3.Zr/c1-2-17-13-21-12-11-18-7-5-6-10-23(18)25(21)24(14-17)22-15-19-8-3-4-9-20(19)16-22;;;/h3-16H,2H2,1H3;2*1H3;. The first kappa shape index (κ1) is 18.1. The topological polar surface area (TPSA) is 0 Å². The van der Waals surface area contributed by atoms with Crippen LogP contribution in [-0.4, -0.2) is 0 Å². The van der Waals surface area contributed by atoms with Gasteiger partial charge in [0.2, 0.25) is 0 Å². The summed E-state index contributed by atoms with van der Waals surface area (Å²) >= 11 is -1.54. The van der Waals surface area contributed by atoms with E-state index in [4.69, 9.17) is 0 Å². The molecule has 137 valence electrons. The Labute approximate surface area is 175 Å². The molecule has 0 saturated carbocycles. The summed E-state index contributed by atoms with van der Waals surface area (Å²) in [6.07, 6.45) is 3.56. The molecule has 4 aromatic rings. The van der Waals surface area contributed by atoms with Gasteiger partial charge in [0.05, 0.1) is 0 Å². The second-order valence-corrected chi connectivity index (χ2v) is 14.8. The Morgan fingerprint density at radius 3 is 2.39 bits per heavy atom. The zero-order chi connectivity index (χ0) is 19.3. The Morgan fingerprint density at radius 2 is 1.57 bits per heavy atom. The van der Waals surface area contributed by atoms with Crippen LogP contribution in [0.2, 0.25) is 9.26 Å². The number of aryl methyl sites for hydroxylation is 1. The average Bonchev–Trinajstić information content (AvgIpc) is 3.12. The molecule has 0 fully saturated rings. The Balaban J connectivity index is 1.87. The molecule has 0 radical (unpaired) electrons. The molecule has 0 N–H and O–H groups in total. The number of benzene rings is 4. The molecule has 5 rings (SSSR count). The fourth-order valence-electron chi connectivity index (χ4n) is 4.82. The number of hydrogen-bond acceptors (Lipinski definition) is 0. The zero-order valence-corrected chi connectivity index (χ0v) is 19.2. The molecule has 28 heavy (non-hydrogen) atoms. The molecule has 0 amide bonds. The number of hydrogen-bond donors (Lipinski definition) is 0. The third-order valence-electron chi connectivity index (χ3n) is 6.13. The molecule has 1 heteroatoms. The van der Waals surface area contributed by atoms with Gasteiger partial charge in [0.1, 0.15) is 0 Å². The van der Waals surface area contributed by atoms with E-state index in [1.807, 2.05) is 0 Å². The molecular weight excluding hydrogens is 416 g/mol. The van der Waals surface area contributed by atoms with Crippen molar-refractivity contribution in [3.8, 4) is 0 Å². The molecule has 0 bridgehead atoms. The van der Waals surface area contributed by atoms with Crippen molar-refractivity contribution >= 4 is 33.2 Å². The van der Waals surface area contributed by atoms with Crippen molar-refractivity contribution in [1.29, 1.82) is 0 Å². The molecule has 0 nitrogen and oxygen atoms in total. The van der Waals surface area contributed by atoms with Crippen molar-refractivity contribution in [2.45, 2.75) is 26.2 Å². The van der Waals surface area contributed by atoms with E-state index in [9.17, 15) is 0 Å². The van der Waals surface area contributed by atoms with E-state index >= 15 is 0 Å². The minimum atomic E-state index is -1.54. The number of rotatable bonds is 3. The first-order chi connectivity index (χ1) is 13.7. The van der Waals surface area contributed by atoms with Crippen molar-refractivity contribution in [3.05, 3.63) is 95.1 Å². The summed E-state index contributed by atoms with van der Waals surface area (Å²) in [6, 6.07) is 27.4. The molecule has 0 saturated heterocycles. The Kier molecular flexibility index (Phi) is 4.60. The Bertz CT molecular complexity index is 1230. The predicted molar refractivity (Wildman–Crippen MR) is 120 cm³/mol. The van der Waals surface area contributed by atoms with E-state index in [1.165, 1.54) is 38.2 Å². The van der Waals surface area contributed by atoms with Gasteiger partial charge in [0.25, 0.3) is 0 Å². The van der Waals surface area contributed by atoms with E-state index in [1.54, 1.807) is 11.1 Å². The van der Waals surface area contributed by atoms with Crippen LogP contribution >= 0.6 is 0 Å². The molecule has 1 aliphatic carbocycles. The molecule has 1 atom stereocenters. The number of allylic oxidation sites excluding steroid dienone is 1. The fraction of sp³-hybridized carbons (Fsp3) is 0.185. The molecular formula is C27H25Zr. The van der Waals surface area contributed by atoms with Gasteiger partial charge >= 0.3 is 176 Å². The first-order valence-corrected chi connectivity index (χ1v) is 16.6. The van der Waals surface area contributed by atoms with Gasteiger partial charge < -0.3 is 0 Å². The second-order valence-electron chi connectivity index (χ2n) is 8.12. The maximum absolute atomic E-state index is 2.55. The average molecular weight is 441 g/mol. The molecule has 0 aromatic heterocycles. The minimum absolute atomic E-state index is 0.646. The van der Waals surface area contributed by atoms with Crippen LogP contribution in [-0.2, 0) is 28.2 Å². The van der Waals surface area contributed by atoms with Crippen LogP contribution in [0.1, 0.15) is 32.8 Å². The Hall–Kier alpha value is -1.98. The monoisotopic (exact) mass is 439 g/mol. The van der Waals surface area contributed by atoms with Gasteiger partial charge in [-0.3, -0.25) is 0 Å². The van der Waals surface area contributed by atoms with E-state index in [0.717, 1.165) is 6.42 Å². The van der Waals surface area contributed by atoms with Crippen molar-refractivity contribution in [2.24, 2.45) is 0 Å². The molecule has 1 aliphatic rings. The van der Waals surface area contributed by atoms with Crippen molar-refractivity contribution < 1.29 is 21.8 Å². The third-order valence-corrected chi connectivity index (χ3v) is 10.5. The van der Waals surface area contributed by atoms with Crippen LogP contribution in [0.25, 0.3) is 33.2 Å². The predicted octanol–water partition coefficient (Wildman–Crippen LogP) is 7.87. The normalized spacial score (nSPS) is 15.7. The van der Waals surface area contributed by atoms with Crippen molar-refractivity contribution in [3.63, 3.8) is 0 Å². The summed E-state index contributed by atoms with van der Waals surface area (Å²) in [4.78, 5) is 0. The molecule has 0 heterocycles. The van der Waals surface area contributed by atoms with E-state index in [0.29, 0.717) is 3.63 Å². The van der Waals surface area contributed by atoms with Gasteiger partial charge in [-0.05, 0) is 0 Å². The van der Waals surface area contributed by atoms with E-state index < -0.39 is 21.8 Å². The molecule has 0 spiro atoms. The summed E-state index contributed by atoms with van der Waals surface area (Å²) in [5.41, 5.74) is 7.46. The van der Waals surface area contributed by atoms with Gasteiger partial charge in [-0.25, -0.2) is 0 Å². The SMILES string of the molecule is CCc1cc(C2=Cc3ccccc3[CH]2[Zr]([CH3])[CH3])c2c(ccc3ccccc32)c1. The van der Waals surface area contributed by atoms with Gasteiger partial charge in [-0.15, -0.1) is 0 Å². The summed E-state index contributed by atoms with van der Waals surface area (Å²) in [5.74, 6) is 0. The van der Waals surface area contributed by atoms with Crippen LogP contribution < -0.4 is 0 Å². The van der Waals surface area contributed by atoms with Crippen LogP contribution in [0.3, 0.4) is 0 Å². The third kappa shape index (κ3) is 2.83. The maximum atomic E-state index is 2.55. The molecule has 4 aromatic carbocycles. The van der Waals surface area contributed by atoms with Gasteiger partial charge in [-0.2, -0.15) is 0 Å². The first-order valence-electron chi connectivity index (χ1n) is 10.2. The van der Waals surface area contributed by atoms with Crippen LogP contribution in [0.5, 0.6) is 0 Å². The fourth-order valence-corrected chi connectivity index (χ4v) is 9.11. The summed E-state index contributed by atoms with van der Waals surface area (Å²) < 4.78 is 5.74. The van der Waals surface area contributed by atoms with Crippen molar-refractivity contribution in [1.82, 2.24) is 0 Å². The summed E-state index contributed by atoms with van der Waals surface area (Å²) in [5, 5.41) is 5.52. The summed E-state index contributed by atoms with van der Waals surface area (Å²) in [7, 11) is 0. The summed E-state index contributed by atoms with van der Waals surface area (Å²) in [6.45, 7) is 2.27. The second kappa shape index (κ2) is 7.12. The molecule has 1 unspecified atom stereocenters. The molecule has 0 aliphatic heterocycles. The van der Waals surface area contributed by atoms with Gasteiger partial charge in [0.15, 0.2) is 0 Å². The number of fused-ring (bicyclic) bond motifs is 4. The van der Waals surface area contributed by atoms with E-state index in [-0.39, 0.29) is 0 Å². The van der Waals surface area contributed by atoms with Gasteiger partial charge in [-0.1, -0.05) is 0 Å². The van der Waals surface area contributed by atoms with Crippen molar-refractivity contribution in [2.75, 3.05) is 0 Å². The zero-order valence-electron chi connectivity index (χ0n) is 16.8. The van der Waals surface area contributed by atoms with Crippen LogP contribution in [0, 0.1) is 0 Å². The Morgan fingerprint density at radius 1 is 0.821 bits per heavy atom. The van der Waals surface area contributed by atoms with E-state index in [2.05, 4.69) is 95.1 Å². The quantitative estimate of drug-likeness (QED) is 0.284. The van der Waals surface area contributed by atoms with Crippen LogP contribution in [0.15, 0.2) is 72.8 Å². The van der Waals surface area contributed by atoms with Gasteiger partial charge in [0, 0.05) is 0 Å². The van der Waals surface area contributed by atoms with Crippen LogP contribution in [0.4, 0.5) is 0 Å².